The number of methoxy groups -OCH3 is 1. The normalized spacial score (nSPS) is 16.2. The highest BCUT2D eigenvalue weighted by Crippen LogP contribution is 2.33. The number of piperazine rings is 1. The molecule has 0 bridgehead atoms. The SMILES string of the molecule is COc1ccc(CC(O)CN2CCN(CC(=O)Nc3cc(Cl)c(Cl)c(Cl)c3)CC2)cc1. The lowest BCUT2D eigenvalue weighted by molar-refractivity contribution is -0.117. The van der Waals surface area contributed by atoms with E-state index in [0.29, 0.717) is 28.7 Å². The van der Waals surface area contributed by atoms with Crippen molar-refractivity contribution in [1.82, 2.24) is 9.80 Å². The number of rotatable bonds is 8. The molecule has 1 saturated heterocycles. The van der Waals surface area contributed by atoms with Gasteiger partial charge in [0.2, 0.25) is 5.91 Å². The van der Waals surface area contributed by atoms with E-state index in [2.05, 4.69) is 15.1 Å². The summed E-state index contributed by atoms with van der Waals surface area (Å²) in [6.45, 7) is 3.99. The van der Waals surface area contributed by atoms with Gasteiger partial charge in [-0.1, -0.05) is 46.9 Å². The van der Waals surface area contributed by atoms with Crippen molar-refractivity contribution in [3.05, 3.63) is 57.0 Å². The Labute approximate surface area is 197 Å². The van der Waals surface area contributed by atoms with Crippen LogP contribution in [0.15, 0.2) is 36.4 Å². The molecule has 1 atom stereocenters. The Bertz CT molecular complexity index is 864. The van der Waals surface area contributed by atoms with Crippen LogP contribution in [0.2, 0.25) is 15.1 Å². The zero-order valence-electron chi connectivity index (χ0n) is 17.3. The summed E-state index contributed by atoms with van der Waals surface area (Å²) >= 11 is 18.0. The molecule has 0 radical (unpaired) electrons. The fourth-order valence-corrected chi connectivity index (χ4v) is 4.15. The summed E-state index contributed by atoms with van der Waals surface area (Å²) < 4.78 is 5.16. The maximum absolute atomic E-state index is 12.4. The summed E-state index contributed by atoms with van der Waals surface area (Å²) in [7, 11) is 1.63. The highest BCUT2D eigenvalue weighted by molar-refractivity contribution is 6.48. The van der Waals surface area contributed by atoms with Crippen LogP contribution in [0.5, 0.6) is 5.75 Å². The Balaban J connectivity index is 1.40. The fourth-order valence-electron chi connectivity index (χ4n) is 3.56. The number of nitrogens with zero attached hydrogens (tertiary/aromatic N) is 2. The topological polar surface area (TPSA) is 65.0 Å². The molecule has 1 amide bonds. The van der Waals surface area contributed by atoms with Crippen LogP contribution in [0, 0.1) is 0 Å². The van der Waals surface area contributed by atoms with Crippen LogP contribution in [-0.4, -0.2) is 73.3 Å². The molecule has 1 unspecified atom stereocenters. The maximum Gasteiger partial charge on any atom is 0.238 e. The molecule has 168 valence electrons. The third-order valence-corrected chi connectivity index (χ3v) is 6.40. The Morgan fingerprint density at radius 3 is 2.23 bits per heavy atom. The van der Waals surface area contributed by atoms with Crippen LogP contribution in [-0.2, 0) is 11.2 Å². The fraction of sp³-hybridized carbons (Fsp3) is 0.409. The lowest BCUT2D eigenvalue weighted by atomic mass is 10.1. The van der Waals surface area contributed by atoms with Crippen LogP contribution < -0.4 is 10.1 Å². The zero-order chi connectivity index (χ0) is 22.4. The highest BCUT2D eigenvalue weighted by Gasteiger charge is 2.21. The number of aliphatic hydroxyl groups is 1. The van der Waals surface area contributed by atoms with Gasteiger partial charge in [0.15, 0.2) is 0 Å². The van der Waals surface area contributed by atoms with Gasteiger partial charge in [0.25, 0.3) is 0 Å². The molecule has 0 aliphatic carbocycles. The molecule has 3 rings (SSSR count). The van der Waals surface area contributed by atoms with Gasteiger partial charge in [0.1, 0.15) is 5.75 Å². The monoisotopic (exact) mass is 485 g/mol. The molecule has 31 heavy (non-hydrogen) atoms. The Kier molecular flexibility index (Phi) is 8.84. The van der Waals surface area contributed by atoms with Gasteiger partial charge >= 0.3 is 0 Å². The first kappa shape index (κ1) is 24.1. The predicted octanol–water partition coefficient (Wildman–Crippen LogP) is 3.82. The summed E-state index contributed by atoms with van der Waals surface area (Å²) in [4.78, 5) is 16.7. The van der Waals surface area contributed by atoms with Gasteiger partial charge in [0.05, 0.1) is 34.8 Å². The van der Waals surface area contributed by atoms with Gasteiger partial charge < -0.3 is 15.2 Å². The first-order chi connectivity index (χ1) is 14.8. The zero-order valence-corrected chi connectivity index (χ0v) is 19.6. The third kappa shape index (κ3) is 7.24. The molecule has 0 aromatic heterocycles. The van der Waals surface area contributed by atoms with Crippen molar-refractivity contribution in [3.8, 4) is 5.75 Å². The largest absolute Gasteiger partial charge is 0.497 e. The molecule has 2 aromatic carbocycles. The minimum atomic E-state index is -0.442. The van der Waals surface area contributed by atoms with Crippen LogP contribution >= 0.6 is 34.8 Å². The van der Waals surface area contributed by atoms with Gasteiger partial charge in [-0.15, -0.1) is 0 Å². The third-order valence-electron chi connectivity index (χ3n) is 5.20. The van der Waals surface area contributed by atoms with Gasteiger partial charge in [-0.2, -0.15) is 0 Å². The minimum Gasteiger partial charge on any atom is -0.497 e. The van der Waals surface area contributed by atoms with E-state index in [9.17, 15) is 9.90 Å². The number of ether oxygens (including phenoxy) is 1. The summed E-state index contributed by atoms with van der Waals surface area (Å²) in [6, 6.07) is 10.9. The number of hydrogen-bond donors (Lipinski definition) is 2. The standard InChI is InChI=1S/C22H26Cl3N3O3/c1-31-18-4-2-15(3-5-18)10-17(29)13-27-6-8-28(9-7-27)14-21(30)26-16-11-19(23)22(25)20(24)12-16/h2-5,11-12,17,29H,6-10,13-14H2,1H3,(H,26,30). The quantitative estimate of drug-likeness (QED) is 0.556. The number of anilines is 1. The molecular formula is C22H26Cl3N3O3. The van der Waals surface area contributed by atoms with Crippen molar-refractivity contribution in [2.24, 2.45) is 0 Å². The Morgan fingerprint density at radius 1 is 1.06 bits per heavy atom. The predicted molar refractivity (Wildman–Crippen MR) is 126 cm³/mol. The molecule has 9 heteroatoms. The first-order valence-corrected chi connectivity index (χ1v) is 11.2. The van der Waals surface area contributed by atoms with Crippen molar-refractivity contribution in [2.45, 2.75) is 12.5 Å². The highest BCUT2D eigenvalue weighted by atomic mass is 35.5. The summed E-state index contributed by atoms with van der Waals surface area (Å²) in [5.74, 6) is 0.670. The van der Waals surface area contributed by atoms with Gasteiger partial charge in [-0.25, -0.2) is 0 Å². The molecular weight excluding hydrogens is 461 g/mol. The van der Waals surface area contributed by atoms with Crippen molar-refractivity contribution in [2.75, 3.05) is 51.7 Å². The average molecular weight is 487 g/mol. The van der Waals surface area contributed by atoms with Gasteiger partial charge in [0, 0.05) is 38.4 Å². The Morgan fingerprint density at radius 2 is 1.65 bits per heavy atom. The maximum atomic E-state index is 12.4. The molecule has 1 aliphatic rings. The van der Waals surface area contributed by atoms with E-state index in [-0.39, 0.29) is 17.5 Å². The number of β-amino-alcohol motifs (C(OH)–C–C–N with tert-alkyl or cyclic N) is 1. The summed E-state index contributed by atoms with van der Waals surface area (Å²) in [5, 5.41) is 14.1. The molecule has 1 heterocycles. The number of halogens is 3. The van der Waals surface area contributed by atoms with Crippen molar-refractivity contribution >= 4 is 46.4 Å². The second-order valence-corrected chi connectivity index (χ2v) is 8.78. The number of hydrogen-bond acceptors (Lipinski definition) is 5. The van der Waals surface area contributed by atoms with E-state index in [1.807, 2.05) is 24.3 Å². The van der Waals surface area contributed by atoms with E-state index in [1.165, 1.54) is 0 Å². The summed E-state index contributed by atoms with van der Waals surface area (Å²) in [5.41, 5.74) is 1.59. The lowest BCUT2D eigenvalue weighted by Crippen LogP contribution is -2.50. The number of aliphatic hydroxyl groups excluding tert-OH is 1. The molecule has 6 nitrogen and oxygen atoms in total. The minimum absolute atomic E-state index is 0.137. The van der Waals surface area contributed by atoms with Crippen LogP contribution in [0.25, 0.3) is 0 Å². The van der Waals surface area contributed by atoms with Crippen LogP contribution in [0.1, 0.15) is 5.56 Å². The summed E-state index contributed by atoms with van der Waals surface area (Å²) in [6.07, 6.45) is 0.154. The van der Waals surface area contributed by atoms with E-state index in [4.69, 9.17) is 39.5 Å². The molecule has 1 aliphatic heterocycles. The second-order valence-electron chi connectivity index (χ2n) is 7.58. The van der Waals surface area contributed by atoms with Crippen LogP contribution in [0.3, 0.4) is 0 Å². The molecule has 2 aromatic rings. The molecule has 0 saturated carbocycles. The van der Waals surface area contributed by atoms with E-state index >= 15 is 0 Å². The average Bonchev–Trinajstić information content (AvgIpc) is 2.74. The second kappa shape index (κ2) is 11.4. The van der Waals surface area contributed by atoms with E-state index in [0.717, 1.165) is 37.5 Å². The van der Waals surface area contributed by atoms with Crippen molar-refractivity contribution in [1.29, 1.82) is 0 Å². The number of carbonyl (C=O) groups is 1. The lowest BCUT2D eigenvalue weighted by Gasteiger charge is -2.35. The van der Waals surface area contributed by atoms with Gasteiger partial charge in [-0.05, 0) is 36.2 Å². The Hall–Kier alpha value is -1.54. The molecule has 2 N–H and O–H groups in total. The smallest absolute Gasteiger partial charge is 0.238 e. The van der Waals surface area contributed by atoms with Gasteiger partial charge in [-0.3, -0.25) is 14.6 Å². The number of carbonyl (C=O) groups excluding carboxylic acids is 1. The molecule has 1 fully saturated rings. The number of benzene rings is 2. The number of nitrogens with one attached hydrogen (secondary N) is 1. The van der Waals surface area contributed by atoms with Crippen LogP contribution in [0.4, 0.5) is 5.69 Å². The number of amides is 1. The van der Waals surface area contributed by atoms with E-state index in [1.54, 1.807) is 19.2 Å². The van der Waals surface area contributed by atoms with Crippen molar-refractivity contribution in [3.63, 3.8) is 0 Å². The van der Waals surface area contributed by atoms with Crippen molar-refractivity contribution < 1.29 is 14.6 Å². The molecule has 0 spiro atoms. The van der Waals surface area contributed by atoms with E-state index < -0.39 is 6.10 Å². The first-order valence-electron chi connectivity index (χ1n) is 10.0.